The lowest BCUT2D eigenvalue weighted by molar-refractivity contribution is -0.117. The smallest absolute Gasteiger partial charge is 0.252 e. The Hall–Kier alpha value is -2.70. The molecule has 2 aromatic rings. The first-order chi connectivity index (χ1) is 11.0. The second-order valence-electron chi connectivity index (χ2n) is 5.80. The number of nitrogens with one attached hydrogen (secondary N) is 1. The molecule has 0 bridgehead atoms. The summed E-state index contributed by atoms with van der Waals surface area (Å²) in [6.07, 6.45) is 2.58. The Kier molecular flexibility index (Phi) is 4.10. The fourth-order valence-electron chi connectivity index (χ4n) is 2.44. The van der Waals surface area contributed by atoms with Crippen molar-refractivity contribution in [2.75, 3.05) is 11.1 Å². The highest BCUT2D eigenvalue weighted by Crippen LogP contribution is 2.17. The van der Waals surface area contributed by atoms with Crippen LogP contribution >= 0.6 is 0 Å². The van der Waals surface area contributed by atoms with Crippen LogP contribution in [0.4, 0.5) is 11.6 Å². The number of amides is 1. The third-order valence-electron chi connectivity index (χ3n) is 4.06. The van der Waals surface area contributed by atoms with E-state index in [0.29, 0.717) is 5.95 Å². The van der Waals surface area contributed by atoms with Gasteiger partial charge in [0, 0.05) is 17.8 Å². The summed E-state index contributed by atoms with van der Waals surface area (Å²) in [5, 5.41) is 15.4. The Bertz CT molecular complexity index is 746. The minimum Gasteiger partial charge on any atom is -0.399 e. The van der Waals surface area contributed by atoms with E-state index in [-0.39, 0.29) is 11.8 Å². The van der Waals surface area contributed by atoms with E-state index in [0.717, 1.165) is 36.5 Å². The lowest BCUT2D eigenvalue weighted by Crippen LogP contribution is -2.24. The van der Waals surface area contributed by atoms with Gasteiger partial charge < -0.3 is 5.73 Å². The van der Waals surface area contributed by atoms with E-state index in [1.807, 2.05) is 38.1 Å². The number of nitrogens with zero attached hydrogens (tertiary/aromatic N) is 4. The molecule has 1 atom stereocenters. The molecule has 1 aromatic carbocycles. The van der Waals surface area contributed by atoms with Crippen molar-refractivity contribution >= 4 is 23.3 Å². The van der Waals surface area contributed by atoms with E-state index in [9.17, 15) is 4.79 Å². The average Bonchev–Trinajstić information content (AvgIpc) is 2.85. The van der Waals surface area contributed by atoms with Gasteiger partial charge in [-0.3, -0.25) is 10.1 Å². The van der Waals surface area contributed by atoms with E-state index in [4.69, 9.17) is 5.73 Å². The SMILES string of the molecule is CC1=Nn2c(CCCc3ccc(N)cc3)nnc2NC(=O)C1C. The Morgan fingerprint density at radius 1 is 1.22 bits per heavy atom. The summed E-state index contributed by atoms with van der Waals surface area (Å²) in [6, 6.07) is 7.87. The van der Waals surface area contributed by atoms with Crippen LogP contribution < -0.4 is 11.1 Å². The topological polar surface area (TPSA) is 98.2 Å². The Labute approximate surface area is 134 Å². The van der Waals surface area contributed by atoms with Gasteiger partial charge in [-0.15, -0.1) is 10.2 Å². The van der Waals surface area contributed by atoms with E-state index in [1.165, 1.54) is 5.56 Å². The lowest BCUT2D eigenvalue weighted by Gasteiger charge is -2.05. The number of aromatic nitrogens is 3. The Balaban J connectivity index is 1.70. The molecule has 7 nitrogen and oxygen atoms in total. The standard InChI is InChI=1S/C16H20N6O/c1-10-11(2)21-22-14(19-20-16(22)18-15(10)23)5-3-4-12-6-8-13(17)9-7-12/h6-10H,3-5,17H2,1-2H3,(H,18,20,23). The summed E-state index contributed by atoms with van der Waals surface area (Å²) in [6.45, 7) is 3.67. The summed E-state index contributed by atoms with van der Waals surface area (Å²) >= 11 is 0. The van der Waals surface area contributed by atoms with E-state index >= 15 is 0 Å². The minimum absolute atomic E-state index is 0.106. The number of aryl methyl sites for hydroxylation is 2. The van der Waals surface area contributed by atoms with Crippen molar-refractivity contribution in [3.63, 3.8) is 0 Å². The van der Waals surface area contributed by atoms with Crippen LogP contribution in [-0.2, 0) is 17.6 Å². The monoisotopic (exact) mass is 312 g/mol. The number of carbonyl (C=O) groups is 1. The summed E-state index contributed by atoms with van der Waals surface area (Å²) in [7, 11) is 0. The predicted molar refractivity (Wildman–Crippen MR) is 89.2 cm³/mol. The van der Waals surface area contributed by atoms with Crippen molar-refractivity contribution in [3.05, 3.63) is 35.7 Å². The van der Waals surface area contributed by atoms with Crippen molar-refractivity contribution in [3.8, 4) is 0 Å². The molecule has 120 valence electrons. The third-order valence-corrected chi connectivity index (χ3v) is 4.06. The Morgan fingerprint density at radius 2 is 1.96 bits per heavy atom. The number of hydrogen-bond acceptors (Lipinski definition) is 5. The summed E-state index contributed by atoms with van der Waals surface area (Å²) < 4.78 is 1.64. The molecule has 1 unspecified atom stereocenters. The average molecular weight is 312 g/mol. The molecule has 3 rings (SSSR count). The minimum atomic E-state index is -0.265. The summed E-state index contributed by atoms with van der Waals surface area (Å²) in [5.74, 6) is 0.774. The number of nitrogens with two attached hydrogens (primary N) is 1. The van der Waals surface area contributed by atoms with Gasteiger partial charge in [0.15, 0.2) is 5.82 Å². The number of nitrogen functional groups attached to an aromatic ring is 1. The highest BCUT2D eigenvalue weighted by atomic mass is 16.2. The van der Waals surface area contributed by atoms with Gasteiger partial charge in [0.25, 0.3) is 5.95 Å². The first-order valence-corrected chi connectivity index (χ1v) is 7.69. The summed E-state index contributed by atoms with van der Waals surface area (Å²) in [4.78, 5) is 11.9. The van der Waals surface area contributed by atoms with Crippen LogP contribution in [0.15, 0.2) is 29.4 Å². The fourth-order valence-corrected chi connectivity index (χ4v) is 2.44. The van der Waals surface area contributed by atoms with Gasteiger partial charge in [-0.1, -0.05) is 12.1 Å². The van der Waals surface area contributed by atoms with Gasteiger partial charge in [0.1, 0.15) is 0 Å². The zero-order chi connectivity index (χ0) is 16.4. The molecule has 1 aliphatic rings. The normalized spacial score (nSPS) is 17.2. The van der Waals surface area contributed by atoms with Crippen LogP contribution in [0, 0.1) is 5.92 Å². The van der Waals surface area contributed by atoms with Gasteiger partial charge in [-0.05, 0) is 44.4 Å². The molecule has 23 heavy (non-hydrogen) atoms. The maximum atomic E-state index is 11.9. The van der Waals surface area contributed by atoms with Crippen molar-refractivity contribution < 1.29 is 4.79 Å². The lowest BCUT2D eigenvalue weighted by atomic mass is 10.1. The van der Waals surface area contributed by atoms with E-state index in [2.05, 4.69) is 20.6 Å². The zero-order valence-electron chi connectivity index (χ0n) is 13.3. The first-order valence-electron chi connectivity index (χ1n) is 7.69. The largest absolute Gasteiger partial charge is 0.399 e. The van der Waals surface area contributed by atoms with Crippen molar-refractivity contribution in [1.29, 1.82) is 0 Å². The maximum Gasteiger partial charge on any atom is 0.252 e. The van der Waals surface area contributed by atoms with Crippen LogP contribution in [0.5, 0.6) is 0 Å². The molecule has 1 amide bonds. The van der Waals surface area contributed by atoms with Crippen LogP contribution in [0.3, 0.4) is 0 Å². The fraction of sp³-hybridized carbons (Fsp3) is 0.375. The van der Waals surface area contributed by atoms with Crippen LogP contribution in [-0.4, -0.2) is 26.5 Å². The number of carbonyl (C=O) groups excluding carboxylic acids is 1. The molecular formula is C16H20N6O. The number of rotatable bonds is 4. The number of anilines is 2. The second kappa shape index (κ2) is 6.20. The quantitative estimate of drug-likeness (QED) is 0.842. The van der Waals surface area contributed by atoms with Gasteiger partial charge >= 0.3 is 0 Å². The van der Waals surface area contributed by atoms with Gasteiger partial charge in [0.2, 0.25) is 5.91 Å². The molecule has 3 N–H and O–H groups in total. The molecule has 0 radical (unpaired) electrons. The number of benzene rings is 1. The molecule has 7 heteroatoms. The summed E-state index contributed by atoms with van der Waals surface area (Å²) in [5.41, 5.74) is 8.44. The second-order valence-corrected chi connectivity index (χ2v) is 5.80. The Morgan fingerprint density at radius 3 is 2.70 bits per heavy atom. The first kappa shape index (κ1) is 15.2. The van der Waals surface area contributed by atoms with Crippen molar-refractivity contribution in [1.82, 2.24) is 14.9 Å². The highest BCUT2D eigenvalue weighted by molar-refractivity contribution is 6.08. The van der Waals surface area contributed by atoms with E-state index < -0.39 is 0 Å². The van der Waals surface area contributed by atoms with Crippen molar-refractivity contribution in [2.45, 2.75) is 33.1 Å². The zero-order valence-corrected chi connectivity index (χ0v) is 13.3. The van der Waals surface area contributed by atoms with Gasteiger partial charge in [-0.25, -0.2) is 0 Å². The van der Waals surface area contributed by atoms with E-state index in [1.54, 1.807) is 4.68 Å². The molecule has 0 fully saturated rings. The molecular weight excluding hydrogens is 292 g/mol. The molecule has 0 saturated carbocycles. The molecule has 1 aliphatic heterocycles. The molecule has 0 saturated heterocycles. The van der Waals surface area contributed by atoms with Gasteiger partial charge in [-0.2, -0.15) is 9.78 Å². The number of hydrogen-bond donors (Lipinski definition) is 2. The predicted octanol–water partition coefficient (Wildman–Crippen LogP) is 1.85. The van der Waals surface area contributed by atoms with Crippen LogP contribution in [0.1, 0.15) is 31.7 Å². The molecule has 0 spiro atoms. The van der Waals surface area contributed by atoms with Gasteiger partial charge in [0.05, 0.1) is 5.92 Å². The maximum absolute atomic E-state index is 11.9. The van der Waals surface area contributed by atoms with Crippen LogP contribution in [0.2, 0.25) is 0 Å². The molecule has 0 aliphatic carbocycles. The van der Waals surface area contributed by atoms with Crippen molar-refractivity contribution in [2.24, 2.45) is 11.0 Å². The van der Waals surface area contributed by atoms with Crippen LogP contribution in [0.25, 0.3) is 0 Å². The third kappa shape index (κ3) is 3.23. The number of fused-ring (bicyclic) bond motifs is 1. The molecule has 1 aromatic heterocycles. The molecule has 2 heterocycles. The highest BCUT2D eigenvalue weighted by Gasteiger charge is 2.24.